The van der Waals surface area contributed by atoms with Gasteiger partial charge in [0.25, 0.3) is 0 Å². The average molecular weight is 178 g/mol. The molecular formula is C11H16NO. The van der Waals surface area contributed by atoms with Crippen molar-refractivity contribution in [2.45, 2.75) is 19.8 Å². The predicted molar refractivity (Wildman–Crippen MR) is 54.6 cm³/mol. The molecule has 0 fully saturated rings. The molecule has 0 atom stereocenters. The Bertz CT molecular complexity index is 230. The Morgan fingerprint density at radius 2 is 1.92 bits per heavy atom. The fraction of sp³-hybridized carbons (Fsp3) is 0.455. The Hall–Kier alpha value is -1.18. The van der Waals surface area contributed by atoms with E-state index in [2.05, 4.69) is 12.2 Å². The van der Waals surface area contributed by atoms with Crippen LogP contribution in [0, 0.1) is 0 Å². The largest absolute Gasteiger partial charge is 0.497 e. The first-order valence-electron chi connectivity index (χ1n) is 4.68. The molecule has 0 spiro atoms. The van der Waals surface area contributed by atoms with Crippen LogP contribution in [0.2, 0.25) is 0 Å². The van der Waals surface area contributed by atoms with E-state index in [-0.39, 0.29) is 0 Å². The van der Waals surface area contributed by atoms with Gasteiger partial charge in [-0.15, -0.1) is 0 Å². The predicted octanol–water partition coefficient (Wildman–Crippen LogP) is 2.73. The number of nitrogens with zero attached hydrogens (tertiary/aromatic N) is 1. The maximum Gasteiger partial charge on any atom is 0.119 e. The maximum atomic E-state index is 5.05. The zero-order chi connectivity index (χ0) is 9.52. The molecule has 0 saturated heterocycles. The Balaban J connectivity index is 2.40. The van der Waals surface area contributed by atoms with Crippen molar-refractivity contribution < 1.29 is 4.74 Å². The van der Waals surface area contributed by atoms with Crippen LogP contribution in [0.5, 0.6) is 5.75 Å². The lowest BCUT2D eigenvalue weighted by atomic mass is 10.3. The quantitative estimate of drug-likeness (QED) is 0.636. The van der Waals surface area contributed by atoms with Crippen molar-refractivity contribution in [3.63, 3.8) is 0 Å². The van der Waals surface area contributed by atoms with Crippen molar-refractivity contribution in [2.75, 3.05) is 13.7 Å². The van der Waals surface area contributed by atoms with E-state index in [1.54, 1.807) is 7.11 Å². The molecular weight excluding hydrogens is 162 g/mol. The standard InChI is InChI=1S/C11H16NO/c1-3-4-9-12-10-5-7-11(13-2)8-6-10/h5-8H,3-4,9H2,1-2H3. The second-order valence-electron chi connectivity index (χ2n) is 2.93. The molecule has 13 heavy (non-hydrogen) atoms. The third-order valence-electron chi connectivity index (χ3n) is 1.88. The van der Waals surface area contributed by atoms with Crippen molar-refractivity contribution in [2.24, 2.45) is 0 Å². The first-order chi connectivity index (χ1) is 6.36. The number of hydrogen-bond acceptors (Lipinski definition) is 1. The second kappa shape index (κ2) is 5.46. The second-order valence-corrected chi connectivity index (χ2v) is 2.93. The van der Waals surface area contributed by atoms with Gasteiger partial charge in [-0.05, 0) is 30.7 Å². The Morgan fingerprint density at radius 1 is 1.23 bits per heavy atom. The highest BCUT2D eigenvalue weighted by Gasteiger charge is 1.93. The normalized spacial score (nSPS) is 9.69. The average Bonchev–Trinajstić information content (AvgIpc) is 2.19. The molecule has 1 radical (unpaired) electrons. The molecule has 0 amide bonds. The van der Waals surface area contributed by atoms with Crippen molar-refractivity contribution in [1.29, 1.82) is 0 Å². The maximum absolute atomic E-state index is 5.05. The summed E-state index contributed by atoms with van der Waals surface area (Å²) in [7, 11) is 1.67. The van der Waals surface area contributed by atoms with E-state index >= 15 is 0 Å². The van der Waals surface area contributed by atoms with E-state index in [1.165, 1.54) is 6.42 Å². The lowest BCUT2D eigenvalue weighted by molar-refractivity contribution is 0.415. The first kappa shape index (κ1) is 9.90. The lowest BCUT2D eigenvalue weighted by Crippen LogP contribution is -1.98. The highest BCUT2D eigenvalue weighted by Crippen LogP contribution is 2.14. The van der Waals surface area contributed by atoms with E-state index in [1.807, 2.05) is 24.3 Å². The molecule has 1 aromatic rings. The lowest BCUT2D eigenvalue weighted by Gasteiger charge is -2.03. The van der Waals surface area contributed by atoms with Crippen LogP contribution in [0.1, 0.15) is 19.8 Å². The zero-order valence-electron chi connectivity index (χ0n) is 8.29. The zero-order valence-corrected chi connectivity index (χ0v) is 8.29. The fourth-order valence-electron chi connectivity index (χ4n) is 1.05. The van der Waals surface area contributed by atoms with Crippen molar-refractivity contribution >= 4 is 5.69 Å². The highest BCUT2D eigenvalue weighted by molar-refractivity contribution is 5.40. The third-order valence-corrected chi connectivity index (χ3v) is 1.88. The molecule has 0 aromatic heterocycles. The number of ether oxygens (including phenoxy) is 1. The summed E-state index contributed by atoms with van der Waals surface area (Å²) in [4.78, 5) is 0. The van der Waals surface area contributed by atoms with Gasteiger partial charge in [-0.2, -0.15) is 0 Å². The Labute approximate surface area is 79.9 Å². The van der Waals surface area contributed by atoms with E-state index < -0.39 is 0 Å². The minimum Gasteiger partial charge on any atom is -0.497 e. The monoisotopic (exact) mass is 178 g/mol. The molecule has 0 saturated carbocycles. The van der Waals surface area contributed by atoms with Crippen molar-refractivity contribution in [3.05, 3.63) is 24.3 Å². The van der Waals surface area contributed by atoms with Gasteiger partial charge < -0.3 is 4.74 Å². The Kier molecular flexibility index (Phi) is 4.16. The van der Waals surface area contributed by atoms with E-state index in [0.717, 1.165) is 24.4 Å². The summed E-state index contributed by atoms with van der Waals surface area (Å²) < 4.78 is 5.05. The molecule has 1 aromatic carbocycles. The van der Waals surface area contributed by atoms with Gasteiger partial charge in [-0.1, -0.05) is 13.3 Å². The van der Waals surface area contributed by atoms with Crippen LogP contribution >= 0.6 is 0 Å². The summed E-state index contributed by atoms with van der Waals surface area (Å²) in [5.41, 5.74) is 1.04. The molecule has 0 aliphatic rings. The molecule has 0 aliphatic heterocycles. The van der Waals surface area contributed by atoms with Gasteiger partial charge in [0.2, 0.25) is 0 Å². The summed E-state index contributed by atoms with van der Waals surface area (Å²) >= 11 is 0. The highest BCUT2D eigenvalue weighted by atomic mass is 16.5. The number of unbranched alkanes of at least 4 members (excludes halogenated alkanes) is 1. The van der Waals surface area contributed by atoms with E-state index in [9.17, 15) is 0 Å². The van der Waals surface area contributed by atoms with Crippen LogP contribution in [0.4, 0.5) is 5.69 Å². The van der Waals surface area contributed by atoms with Gasteiger partial charge in [0.05, 0.1) is 12.8 Å². The molecule has 0 bridgehead atoms. The topological polar surface area (TPSA) is 23.3 Å². The van der Waals surface area contributed by atoms with Gasteiger partial charge >= 0.3 is 0 Å². The Morgan fingerprint density at radius 3 is 2.46 bits per heavy atom. The van der Waals surface area contributed by atoms with Crippen LogP contribution in [0.3, 0.4) is 0 Å². The number of rotatable bonds is 5. The minimum atomic E-state index is 0.884. The molecule has 0 heterocycles. The van der Waals surface area contributed by atoms with Gasteiger partial charge in [-0.3, -0.25) is 5.32 Å². The molecule has 0 N–H and O–H groups in total. The summed E-state index contributed by atoms with van der Waals surface area (Å²) in [6, 6.07) is 7.83. The summed E-state index contributed by atoms with van der Waals surface area (Å²) in [5.74, 6) is 0.884. The van der Waals surface area contributed by atoms with Gasteiger partial charge in [0, 0.05) is 6.54 Å². The van der Waals surface area contributed by atoms with Crippen LogP contribution in [0.15, 0.2) is 24.3 Å². The van der Waals surface area contributed by atoms with E-state index in [4.69, 9.17) is 4.74 Å². The van der Waals surface area contributed by atoms with E-state index in [0.29, 0.717) is 0 Å². The molecule has 0 unspecified atom stereocenters. The first-order valence-corrected chi connectivity index (χ1v) is 4.68. The van der Waals surface area contributed by atoms with Crippen LogP contribution in [-0.4, -0.2) is 13.7 Å². The van der Waals surface area contributed by atoms with Crippen molar-refractivity contribution in [3.8, 4) is 5.75 Å². The minimum absolute atomic E-state index is 0.884. The third kappa shape index (κ3) is 3.36. The van der Waals surface area contributed by atoms with Crippen LogP contribution < -0.4 is 10.1 Å². The van der Waals surface area contributed by atoms with Crippen LogP contribution in [0.25, 0.3) is 0 Å². The van der Waals surface area contributed by atoms with Crippen molar-refractivity contribution in [1.82, 2.24) is 5.32 Å². The van der Waals surface area contributed by atoms with Crippen LogP contribution in [-0.2, 0) is 0 Å². The number of hydrogen-bond donors (Lipinski definition) is 0. The smallest absolute Gasteiger partial charge is 0.119 e. The summed E-state index contributed by atoms with van der Waals surface area (Å²) in [6.07, 6.45) is 2.35. The molecule has 2 heteroatoms. The molecule has 71 valence electrons. The van der Waals surface area contributed by atoms with Gasteiger partial charge in [0.15, 0.2) is 0 Å². The SMILES string of the molecule is CCCC[N]c1ccc(OC)cc1. The molecule has 0 aliphatic carbocycles. The number of methoxy groups -OCH3 is 1. The number of benzene rings is 1. The van der Waals surface area contributed by atoms with Gasteiger partial charge in [-0.25, -0.2) is 0 Å². The molecule has 1 rings (SSSR count). The van der Waals surface area contributed by atoms with Gasteiger partial charge in [0.1, 0.15) is 5.75 Å². The molecule has 2 nitrogen and oxygen atoms in total. The summed E-state index contributed by atoms with van der Waals surface area (Å²) in [5, 5.41) is 4.42. The summed E-state index contributed by atoms with van der Waals surface area (Å²) in [6.45, 7) is 3.09. The fourth-order valence-corrected chi connectivity index (χ4v) is 1.05.